The molecule has 2 unspecified atom stereocenters. The zero-order valence-electron chi connectivity index (χ0n) is 15.0. The fourth-order valence-corrected chi connectivity index (χ4v) is 4.27. The van der Waals surface area contributed by atoms with Crippen LogP contribution in [0.2, 0.25) is 0 Å². The maximum absolute atomic E-state index is 3.66. The van der Waals surface area contributed by atoms with Crippen molar-refractivity contribution in [1.82, 2.24) is 15.1 Å². The van der Waals surface area contributed by atoms with Gasteiger partial charge in [-0.25, -0.2) is 0 Å². The van der Waals surface area contributed by atoms with Crippen LogP contribution in [0.25, 0.3) is 0 Å². The Labute approximate surface area is 132 Å². The summed E-state index contributed by atoms with van der Waals surface area (Å²) in [6.07, 6.45) is 5.67. The SMILES string of the molecule is CCNCC1(CN2CC(C)N(C)C(C)C2)CCC(C)CC1. The number of likely N-dealkylation sites (N-methyl/N-ethyl adjacent to an activating group) is 1. The summed E-state index contributed by atoms with van der Waals surface area (Å²) in [6, 6.07) is 1.37. The Balaban J connectivity index is 1.98. The first-order valence-electron chi connectivity index (χ1n) is 9.11. The number of hydrogen-bond acceptors (Lipinski definition) is 3. The average molecular weight is 296 g/mol. The summed E-state index contributed by atoms with van der Waals surface area (Å²) < 4.78 is 0. The Morgan fingerprint density at radius 1 is 1.05 bits per heavy atom. The van der Waals surface area contributed by atoms with Crippen molar-refractivity contribution in [2.75, 3.05) is 39.8 Å². The van der Waals surface area contributed by atoms with E-state index in [0.717, 1.165) is 12.5 Å². The van der Waals surface area contributed by atoms with Crippen LogP contribution in [-0.2, 0) is 0 Å². The lowest BCUT2D eigenvalue weighted by molar-refractivity contribution is 0.0154. The maximum atomic E-state index is 3.66. The minimum absolute atomic E-state index is 0.526. The molecule has 0 amide bonds. The second kappa shape index (κ2) is 7.43. The molecule has 2 fully saturated rings. The molecule has 1 heterocycles. The van der Waals surface area contributed by atoms with Crippen LogP contribution >= 0.6 is 0 Å². The topological polar surface area (TPSA) is 18.5 Å². The second-order valence-electron chi connectivity index (χ2n) is 8.02. The first-order chi connectivity index (χ1) is 9.96. The van der Waals surface area contributed by atoms with E-state index in [1.165, 1.54) is 51.9 Å². The zero-order chi connectivity index (χ0) is 15.5. The molecule has 1 aliphatic carbocycles. The van der Waals surface area contributed by atoms with Crippen LogP contribution in [0.3, 0.4) is 0 Å². The molecule has 0 aromatic carbocycles. The molecule has 0 spiro atoms. The Kier molecular flexibility index (Phi) is 6.10. The number of hydrogen-bond donors (Lipinski definition) is 1. The molecule has 0 aromatic rings. The normalized spacial score (nSPS) is 39.6. The summed E-state index contributed by atoms with van der Waals surface area (Å²) >= 11 is 0. The van der Waals surface area contributed by atoms with E-state index in [-0.39, 0.29) is 0 Å². The van der Waals surface area contributed by atoms with E-state index in [1.54, 1.807) is 0 Å². The van der Waals surface area contributed by atoms with E-state index < -0.39 is 0 Å². The van der Waals surface area contributed by atoms with Gasteiger partial charge in [-0.15, -0.1) is 0 Å². The van der Waals surface area contributed by atoms with E-state index in [1.807, 2.05) is 0 Å². The molecule has 21 heavy (non-hydrogen) atoms. The van der Waals surface area contributed by atoms with Crippen LogP contribution in [0.15, 0.2) is 0 Å². The molecule has 1 saturated carbocycles. The summed E-state index contributed by atoms with van der Waals surface area (Å²) in [5.74, 6) is 0.935. The number of piperazine rings is 1. The molecule has 1 saturated heterocycles. The fraction of sp³-hybridized carbons (Fsp3) is 1.00. The van der Waals surface area contributed by atoms with Crippen LogP contribution in [-0.4, -0.2) is 61.7 Å². The third kappa shape index (κ3) is 4.43. The van der Waals surface area contributed by atoms with Crippen LogP contribution in [0, 0.1) is 11.3 Å². The molecule has 0 radical (unpaired) electrons. The van der Waals surface area contributed by atoms with E-state index in [9.17, 15) is 0 Å². The summed E-state index contributed by atoms with van der Waals surface area (Å²) in [4.78, 5) is 5.29. The molecule has 2 atom stereocenters. The van der Waals surface area contributed by atoms with Crippen molar-refractivity contribution >= 4 is 0 Å². The summed E-state index contributed by atoms with van der Waals surface area (Å²) in [5.41, 5.74) is 0.526. The molecule has 1 N–H and O–H groups in total. The van der Waals surface area contributed by atoms with Gasteiger partial charge >= 0.3 is 0 Å². The summed E-state index contributed by atoms with van der Waals surface area (Å²) in [6.45, 7) is 15.5. The van der Waals surface area contributed by atoms with Gasteiger partial charge in [-0.2, -0.15) is 0 Å². The van der Waals surface area contributed by atoms with Crippen molar-refractivity contribution in [3.05, 3.63) is 0 Å². The lowest BCUT2D eigenvalue weighted by Crippen LogP contribution is -2.58. The minimum atomic E-state index is 0.526. The minimum Gasteiger partial charge on any atom is -0.316 e. The van der Waals surface area contributed by atoms with Gasteiger partial charge in [-0.1, -0.05) is 26.7 Å². The largest absolute Gasteiger partial charge is 0.316 e. The molecule has 0 bridgehead atoms. The first-order valence-corrected chi connectivity index (χ1v) is 9.11. The Bertz CT molecular complexity index is 292. The maximum Gasteiger partial charge on any atom is 0.0195 e. The molecule has 2 rings (SSSR count). The molecule has 2 aliphatic rings. The molecule has 124 valence electrons. The Morgan fingerprint density at radius 3 is 2.14 bits per heavy atom. The van der Waals surface area contributed by atoms with E-state index >= 15 is 0 Å². The van der Waals surface area contributed by atoms with Crippen molar-refractivity contribution in [2.24, 2.45) is 11.3 Å². The van der Waals surface area contributed by atoms with Crippen molar-refractivity contribution in [1.29, 1.82) is 0 Å². The highest BCUT2D eigenvalue weighted by atomic mass is 15.3. The quantitative estimate of drug-likeness (QED) is 0.841. The van der Waals surface area contributed by atoms with Gasteiger partial charge in [0.15, 0.2) is 0 Å². The Hall–Kier alpha value is -0.120. The van der Waals surface area contributed by atoms with Crippen molar-refractivity contribution in [3.8, 4) is 0 Å². The average Bonchev–Trinajstić information content (AvgIpc) is 2.46. The molecular weight excluding hydrogens is 258 g/mol. The van der Waals surface area contributed by atoms with Crippen LogP contribution in [0.4, 0.5) is 0 Å². The fourth-order valence-electron chi connectivity index (χ4n) is 4.27. The highest BCUT2D eigenvalue weighted by Crippen LogP contribution is 2.39. The van der Waals surface area contributed by atoms with Gasteiger partial charge in [0, 0.05) is 38.3 Å². The number of rotatable bonds is 5. The van der Waals surface area contributed by atoms with Crippen LogP contribution in [0.1, 0.15) is 53.4 Å². The van der Waals surface area contributed by atoms with Gasteiger partial charge in [-0.05, 0) is 51.6 Å². The van der Waals surface area contributed by atoms with Crippen LogP contribution in [0.5, 0.6) is 0 Å². The summed E-state index contributed by atoms with van der Waals surface area (Å²) in [5, 5.41) is 3.66. The third-order valence-electron chi connectivity index (χ3n) is 6.08. The highest BCUT2D eigenvalue weighted by Gasteiger charge is 2.37. The molecule has 0 aromatic heterocycles. The van der Waals surface area contributed by atoms with Crippen LogP contribution < -0.4 is 5.32 Å². The van der Waals surface area contributed by atoms with E-state index in [4.69, 9.17) is 0 Å². The monoisotopic (exact) mass is 295 g/mol. The predicted octanol–water partition coefficient (Wildman–Crippen LogP) is 2.82. The standard InChI is InChI=1S/C18H37N3/c1-6-19-13-18(9-7-15(2)8-10-18)14-21-11-16(3)20(5)17(4)12-21/h15-17,19H,6-14H2,1-5H3. The molecule has 3 nitrogen and oxygen atoms in total. The molecule has 1 aliphatic heterocycles. The first kappa shape index (κ1) is 17.2. The van der Waals surface area contributed by atoms with Gasteiger partial charge in [-0.3, -0.25) is 9.80 Å². The molecular formula is C18H37N3. The number of nitrogens with zero attached hydrogens (tertiary/aromatic N) is 2. The Morgan fingerprint density at radius 2 is 1.62 bits per heavy atom. The lowest BCUT2D eigenvalue weighted by atomic mass is 9.70. The highest BCUT2D eigenvalue weighted by molar-refractivity contribution is 4.92. The van der Waals surface area contributed by atoms with Crippen molar-refractivity contribution < 1.29 is 0 Å². The van der Waals surface area contributed by atoms with Gasteiger partial charge in [0.2, 0.25) is 0 Å². The lowest BCUT2D eigenvalue weighted by Gasteiger charge is -2.48. The smallest absolute Gasteiger partial charge is 0.0195 e. The van der Waals surface area contributed by atoms with E-state index in [2.05, 4.69) is 49.9 Å². The van der Waals surface area contributed by atoms with Gasteiger partial charge in [0.1, 0.15) is 0 Å². The van der Waals surface area contributed by atoms with E-state index in [0.29, 0.717) is 17.5 Å². The van der Waals surface area contributed by atoms with Gasteiger partial charge in [0.25, 0.3) is 0 Å². The van der Waals surface area contributed by atoms with Gasteiger partial charge < -0.3 is 5.32 Å². The summed E-state index contributed by atoms with van der Waals surface area (Å²) in [7, 11) is 2.28. The predicted molar refractivity (Wildman–Crippen MR) is 91.7 cm³/mol. The van der Waals surface area contributed by atoms with Crippen molar-refractivity contribution in [3.63, 3.8) is 0 Å². The van der Waals surface area contributed by atoms with Crippen molar-refractivity contribution in [2.45, 2.75) is 65.5 Å². The molecule has 3 heteroatoms. The van der Waals surface area contributed by atoms with Gasteiger partial charge in [0.05, 0.1) is 0 Å². The number of nitrogens with one attached hydrogen (secondary N) is 1. The zero-order valence-corrected chi connectivity index (χ0v) is 15.0. The second-order valence-corrected chi connectivity index (χ2v) is 8.02. The third-order valence-corrected chi connectivity index (χ3v) is 6.08.